The van der Waals surface area contributed by atoms with Crippen molar-refractivity contribution in [2.45, 2.75) is 0 Å². The molecule has 0 bridgehead atoms. The monoisotopic (exact) mass is 250 g/mol. The molecule has 0 aliphatic rings. The van der Waals surface area contributed by atoms with E-state index in [2.05, 4.69) is 0 Å². The van der Waals surface area contributed by atoms with Gasteiger partial charge in [-0.3, -0.25) is 0 Å². The number of ether oxygens (including phenoxy) is 2. The zero-order chi connectivity index (χ0) is 11.1. The SMILES string of the molecule is OCCOCCOc1cccc(Cl)c1Cl. The van der Waals surface area contributed by atoms with Crippen molar-refractivity contribution in [3.05, 3.63) is 28.2 Å². The molecular weight excluding hydrogens is 239 g/mol. The van der Waals surface area contributed by atoms with Gasteiger partial charge in [-0.05, 0) is 12.1 Å². The quantitative estimate of drug-likeness (QED) is 0.789. The summed E-state index contributed by atoms with van der Waals surface area (Å²) in [5.41, 5.74) is 0. The minimum absolute atomic E-state index is 0.0118. The molecule has 0 aliphatic heterocycles. The third kappa shape index (κ3) is 4.26. The third-order valence-corrected chi connectivity index (χ3v) is 2.44. The van der Waals surface area contributed by atoms with Crippen molar-refractivity contribution in [3.63, 3.8) is 0 Å². The van der Waals surface area contributed by atoms with Gasteiger partial charge in [-0.25, -0.2) is 0 Å². The van der Waals surface area contributed by atoms with Crippen molar-refractivity contribution in [1.82, 2.24) is 0 Å². The van der Waals surface area contributed by atoms with E-state index in [0.29, 0.717) is 35.6 Å². The number of halogens is 2. The number of benzene rings is 1. The van der Waals surface area contributed by atoms with Gasteiger partial charge in [0.25, 0.3) is 0 Å². The molecule has 1 aromatic carbocycles. The molecule has 84 valence electrons. The summed E-state index contributed by atoms with van der Waals surface area (Å²) in [4.78, 5) is 0. The molecule has 5 heteroatoms. The zero-order valence-electron chi connectivity index (χ0n) is 8.08. The summed E-state index contributed by atoms with van der Waals surface area (Å²) in [6.07, 6.45) is 0. The maximum atomic E-state index is 8.46. The van der Waals surface area contributed by atoms with Gasteiger partial charge in [0.1, 0.15) is 17.4 Å². The van der Waals surface area contributed by atoms with Gasteiger partial charge in [-0.1, -0.05) is 29.3 Å². The maximum absolute atomic E-state index is 8.46. The molecule has 1 N–H and O–H groups in total. The molecule has 0 radical (unpaired) electrons. The largest absolute Gasteiger partial charge is 0.490 e. The molecule has 0 saturated heterocycles. The lowest BCUT2D eigenvalue weighted by Gasteiger charge is -2.08. The summed E-state index contributed by atoms with van der Waals surface area (Å²) < 4.78 is 10.4. The molecule has 3 nitrogen and oxygen atoms in total. The Labute approximate surface area is 98.5 Å². The van der Waals surface area contributed by atoms with Crippen LogP contribution in [0.1, 0.15) is 0 Å². The Balaban J connectivity index is 2.34. The van der Waals surface area contributed by atoms with Crippen molar-refractivity contribution in [2.75, 3.05) is 26.4 Å². The topological polar surface area (TPSA) is 38.7 Å². The van der Waals surface area contributed by atoms with Gasteiger partial charge in [0.05, 0.1) is 24.8 Å². The van der Waals surface area contributed by atoms with Crippen molar-refractivity contribution in [1.29, 1.82) is 0 Å². The summed E-state index contributed by atoms with van der Waals surface area (Å²) in [7, 11) is 0. The fourth-order valence-corrected chi connectivity index (χ4v) is 1.32. The van der Waals surface area contributed by atoms with Gasteiger partial charge in [0.15, 0.2) is 0 Å². The minimum Gasteiger partial charge on any atom is -0.490 e. The molecule has 0 amide bonds. The van der Waals surface area contributed by atoms with Crippen molar-refractivity contribution >= 4 is 23.2 Å². The number of aliphatic hydroxyl groups excluding tert-OH is 1. The predicted octanol–water partition coefficient (Wildman–Crippen LogP) is 2.38. The molecule has 0 atom stereocenters. The van der Waals surface area contributed by atoms with Gasteiger partial charge >= 0.3 is 0 Å². The minimum atomic E-state index is 0.0118. The fraction of sp³-hybridized carbons (Fsp3) is 0.400. The molecule has 0 heterocycles. The molecule has 0 aromatic heterocycles. The van der Waals surface area contributed by atoms with Crippen molar-refractivity contribution in [2.24, 2.45) is 0 Å². The second-order valence-electron chi connectivity index (χ2n) is 2.74. The summed E-state index contributed by atoms with van der Waals surface area (Å²) >= 11 is 11.7. The van der Waals surface area contributed by atoms with Gasteiger partial charge in [0, 0.05) is 0 Å². The van der Waals surface area contributed by atoms with Gasteiger partial charge in [0.2, 0.25) is 0 Å². The Hall–Kier alpha value is -0.480. The van der Waals surface area contributed by atoms with E-state index in [1.807, 2.05) is 0 Å². The van der Waals surface area contributed by atoms with E-state index < -0.39 is 0 Å². The van der Waals surface area contributed by atoms with Crippen LogP contribution in [0, 0.1) is 0 Å². The highest BCUT2D eigenvalue weighted by atomic mass is 35.5. The first-order valence-electron chi connectivity index (χ1n) is 4.51. The van der Waals surface area contributed by atoms with E-state index in [1.165, 1.54) is 0 Å². The lowest BCUT2D eigenvalue weighted by molar-refractivity contribution is 0.0705. The van der Waals surface area contributed by atoms with Crippen molar-refractivity contribution in [3.8, 4) is 5.75 Å². The first-order chi connectivity index (χ1) is 7.25. The molecule has 0 aliphatic carbocycles. The van der Waals surface area contributed by atoms with Gasteiger partial charge < -0.3 is 14.6 Å². The normalized spacial score (nSPS) is 10.3. The Bertz CT molecular complexity index is 305. The van der Waals surface area contributed by atoms with Crippen LogP contribution in [-0.2, 0) is 4.74 Å². The molecule has 0 saturated carbocycles. The molecule has 0 unspecified atom stereocenters. The standard InChI is InChI=1S/C10H12Cl2O3/c11-8-2-1-3-9(10(8)12)15-7-6-14-5-4-13/h1-3,13H,4-7H2. The van der Waals surface area contributed by atoms with Crippen LogP contribution in [0.15, 0.2) is 18.2 Å². The highest BCUT2D eigenvalue weighted by molar-refractivity contribution is 6.42. The average molecular weight is 251 g/mol. The highest BCUT2D eigenvalue weighted by Gasteiger charge is 2.04. The summed E-state index contributed by atoms with van der Waals surface area (Å²) in [6, 6.07) is 5.19. The van der Waals surface area contributed by atoms with E-state index in [4.69, 9.17) is 37.8 Å². The van der Waals surface area contributed by atoms with Crippen LogP contribution in [0.4, 0.5) is 0 Å². The number of hydrogen-bond acceptors (Lipinski definition) is 3. The molecule has 1 rings (SSSR count). The smallest absolute Gasteiger partial charge is 0.139 e. The van der Waals surface area contributed by atoms with E-state index in [-0.39, 0.29) is 6.61 Å². The Kier molecular flexibility index (Phi) is 5.79. The Morgan fingerprint density at radius 3 is 2.67 bits per heavy atom. The second kappa shape index (κ2) is 6.90. The van der Waals surface area contributed by atoms with Crippen LogP contribution in [0.25, 0.3) is 0 Å². The first-order valence-corrected chi connectivity index (χ1v) is 5.26. The third-order valence-electron chi connectivity index (χ3n) is 1.64. The Morgan fingerprint density at radius 1 is 1.13 bits per heavy atom. The first kappa shape index (κ1) is 12.6. The van der Waals surface area contributed by atoms with E-state index >= 15 is 0 Å². The van der Waals surface area contributed by atoms with Crippen LogP contribution in [0.5, 0.6) is 5.75 Å². The van der Waals surface area contributed by atoms with Crippen molar-refractivity contribution < 1.29 is 14.6 Å². The molecule has 1 aromatic rings. The van der Waals surface area contributed by atoms with E-state index in [9.17, 15) is 0 Å². The lowest BCUT2D eigenvalue weighted by Crippen LogP contribution is -2.09. The molecule has 0 fully saturated rings. The van der Waals surface area contributed by atoms with E-state index in [1.54, 1.807) is 18.2 Å². The summed E-state index contributed by atoms with van der Waals surface area (Å²) in [6.45, 7) is 1.11. The van der Waals surface area contributed by atoms with Crippen LogP contribution in [0.2, 0.25) is 10.0 Å². The maximum Gasteiger partial charge on any atom is 0.139 e. The summed E-state index contributed by atoms with van der Waals surface area (Å²) in [5.74, 6) is 0.539. The second-order valence-corrected chi connectivity index (χ2v) is 3.52. The van der Waals surface area contributed by atoms with E-state index in [0.717, 1.165) is 0 Å². The number of hydrogen-bond donors (Lipinski definition) is 1. The van der Waals surface area contributed by atoms with Gasteiger partial charge in [-0.15, -0.1) is 0 Å². The molecular formula is C10H12Cl2O3. The Morgan fingerprint density at radius 2 is 1.93 bits per heavy atom. The number of rotatable bonds is 6. The van der Waals surface area contributed by atoms with Crippen LogP contribution in [0.3, 0.4) is 0 Å². The molecule has 0 spiro atoms. The van der Waals surface area contributed by atoms with Gasteiger partial charge in [-0.2, -0.15) is 0 Å². The number of aliphatic hydroxyl groups is 1. The zero-order valence-corrected chi connectivity index (χ0v) is 9.59. The molecule has 15 heavy (non-hydrogen) atoms. The summed E-state index contributed by atoms with van der Waals surface area (Å²) in [5, 5.41) is 9.33. The van der Waals surface area contributed by atoms with Crippen LogP contribution < -0.4 is 4.74 Å². The average Bonchev–Trinajstić information content (AvgIpc) is 2.24. The lowest BCUT2D eigenvalue weighted by atomic mass is 10.3. The fourth-order valence-electron chi connectivity index (χ4n) is 0.973. The van der Waals surface area contributed by atoms with Crippen LogP contribution >= 0.6 is 23.2 Å². The highest BCUT2D eigenvalue weighted by Crippen LogP contribution is 2.31. The predicted molar refractivity (Wildman–Crippen MR) is 59.9 cm³/mol. The van der Waals surface area contributed by atoms with Crippen LogP contribution in [-0.4, -0.2) is 31.5 Å².